The van der Waals surface area contributed by atoms with Gasteiger partial charge < -0.3 is 10.6 Å². The van der Waals surface area contributed by atoms with Gasteiger partial charge in [-0.15, -0.1) is 11.3 Å². The summed E-state index contributed by atoms with van der Waals surface area (Å²) in [5, 5.41) is 12.2. The number of hydrogen-bond acceptors (Lipinski definition) is 6. The molecule has 9 nitrogen and oxygen atoms in total. The Hall–Kier alpha value is -3.02. The Labute approximate surface area is 177 Å². The van der Waals surface area contributed by atoms with Crippen LogP contribution in [0.4, 0.5) is 5.82 Å². The topological polar surface area (TPSA) is 124 Å². The Morgan fingerprint density at radius 3 is 2.80 bits per heavy atom. The van der Waals surface area contributed by atoms with Crippen molar-refractivity contribution in [2.24, 2.45) is 0 Å². The minimum absolute atomic E-state index is 0.0402. The zero-order chi connectivity index (χ0) is 21.3. The first-order chi connectivity index (χ1) is 14.3. The molecule has 1 aromatic carbocycles. The van der Waals surface area contributed by atoms with E-state index in [1.54, 1.807) is 17.4 Å². The van der Waals surface area contributed by atoms with E-state index in [0.29, 0.717) is 5.82 Å². The second-order valence-electron chi connectivity index (χ2n) is 6.75. The Balaban J connectivity index is 1.52. The van der Waals surface area contributed by atoms with Crippen molar-refractivity contribution in [2.45, 2.75) is 11.8 Å². The predicted molar refractivity (Wildman–Crippen MR) is 113 cm³/mol. The van der Waals surface area contributed by atoms with Crippen LogP contribution in [0.5, 0.6) is 0 Å². The molecule has 1 saturated heterocycles. The number of aryl methyl sites for hydroxylation is 1. The standard InChI is InChI=1S/C19H19N5O4S2/c1-12-5-6-16(29-12)15-10-17(23-22-15)21-19(26)13-3-2-4-14(9-13)30(27,28)24-8-7-20-18(25)11-24/h2-6,9-10H,7-8,11H2,1H3,(H,20,25)(H2,21,22,23,26). The molecular weight excluding hydrogens is 426 g/mol. The van der Waals surface area contributed by atoms with Gasteiger partial charge in [-0.25, -0.2) is 8.42 Å². The van der Waals surface area contributed by atoms with E-state index in [9.17, 15) is 18.0 Å². The zero-order valence-electron chi connectivity index (χ0n) is 16.0. The number of nitrogens with zero attached hydrogens (tertiary/aromatic N) is 2. The highest BCUT2D eigenvalue weighted by Crippen LogP contribution is 2.27. The number of carbonyl (C=O) groups excluding carboxylic acids is 2. The lowest BCUT2D eigenvalue weighted by molar-refractivity contribution is -0.122. The lowest BCUT2D eigenvalue weighted by atomic mass is 10.2. The third kappa shape index (κ3) is 4.13. The minimum Gasteiger partial charge on any atom is -0.354 e. The molecular formula is C19H19N5O4S2. The maximum atomic E-state index is 12.8. The highest BCUT2D eigenvalue weighted by molar-refractivity contribution is 7.89. The molecule has 156 valence electrons. The number of hydrogen-bond donors (Lipinski definition) is 3. The molecule has 0 radical (unpaired) electrons. The van der Waals surface area contributed by atoms with Gasteiger partial charge in [-0.1, -0.05) is 6.07 Å². The molecule has 30 heavy (non-hydrogen) atoms. The van der Waals surface area contributed by atoms with E-state index in [1.807, 2.05) is 19.1 Å². The van der Waals surface area contributed by atoms with Gasteiger partial charge in [0.05, 0.1) is 22.0 Å². The van der Waals surface area contributed by atoms with Crippen LogP contribution in [0, 0.1) is 6.92 Å². The van der Waals surface area contributed by atoms with Gasteiger partial charge in [-0.05, 0) is 37.3 Å². The first-order valence-corrected chi connectivity index (χ1v) is 11.4. The van der Waals surface area contributed by atoms with Gasteiger partial charge in [-0.2, -0.15) is 9.40 Å². The summed E-state index contributed by atoms with van der Waals surface area (Å²) in [7, 11) is -3.88. The van der Waals surface area contributed by atoms with Crippen LogP contribution in [0.25, 0.3) is 10.6 Å². The number of aromatic amines is 1. The monoisotopic (exact) mass is 445 g/mol. The van der Waals surface area contributed by atoms with Crippen LogP contribution in [0.3, 0.4) is 0 Å². The summed E-state index contributed by atoms with van der Waals surface area (Å²) in [6, 6.07) is 11.4. The second kappa shape index (κ2) is 8.01. The van der Waals surface area contributed by atoms with Crippen LogP contribution < -0.4 is 10.6 Å². The number of anilines is 1. The highest BCUT2D eigenvalue weighted by atomic mass is 32.2. The molecule has 0 spiro atoms. The molecule has 0 atom stereocenters. The van der Waals surface area contributed by atoms with Crippen LogP contribution in [0.2, 0.25) is 0 Å². The zero-order valence-corrected chi connectivity index (χ0v) is 17.6. The smallest absolute Gasteiger partial charge is 0.256 e. The highest BCUT2D eigenvalue weighted by Gasteiger charge is 2.29. The third-order valence-corrected chi connectivity index (χ3v) is 7.44. The minimum atomic E-state index is -3.88. The van der Waals surface area contributed by atoms with Crippen LogP contribution in [-0.2, 0) is 14.8 Å². The molecule has 2 amide bonds. The van der Waals surface area contributed by atoms with E-state index < -0.39 is 15.9 Å². The molecule has 2 aromatic heterocycles. The fraction of sp³-hybridized carbons (Fsp3) is 0.211. The molecule has 4 rings (SSSR count). The maximum absolute atomic E-state index is 12.8. The molecule has 3 N–H and O–H groups in total. The molecule has 1 aliphatic rings. The maximum Gasteiger partial charge on any atom is 0.256 e. The number of carbonyl (C=O) groups is 2. The van der Waals surface area contributed by atoms with Crippen LogP contribution in [-0.4, -0.2) is 54.4 Å². The van der Waals surface area contributed by atoms with Crippen molar-refractivity contribution in [3.8, 4) is 10.6 Å². The molecule has 0 aliphatic carbocycles. The summed E-state index contributed by atoms with van der Waals surface area (Å²) in [4.78, 5) is 26.3. The molecule has 0 bridgehead atoms. The van der Waals surface area contributed by atoms with E-state index in [0.717, 1.165) is 19.8 Å². The van der Waals surface area contributed by atoms with Crippen LogP contribution >= 0.6 is 11.3 Å². The number of piperazine rings is 1. The van der Waals surface area contributed by atoms with Crippen molar-refractivity contribution < 1.29 is 18.0 Å². The Bertz CT molecular complexity index is 1220. The van der Waals surface area contributed by atoms with E-state index in [4.69, 9.17) is 0 Å². The van der Waals surface area contributed by atoms with Gasteiger partial charge in [0, 0.05) is 29.6 Å². The van der Waals surface area contributed by atoms with E-state index >= 15 is 0 Å². The number of thiophene rings is 1. The SMILES string of the molecule is Cc1ccc(-c2cc(NC(=O)c3cccc(S(=O)(=O)N4CCNC(=O)C4)c3)n[nH]2)s1. The molecule has 11 heteroatoms. The summed E-state index contributed by atoms with van der Waals surface area (Å²) in [6.45, 7) is 2.20. The number of nitrogens with one attached hydrogen (secondary N) is 3. The van der Waals surface area contributed by atoms with Gasteiger partial charge in [-0.3, -0.25) is 14.7 Å². The average molecular weight is 446 g/mol. The summed E-state index contributed by atoms with van der Waals surface area (Å²) in [5.41, 5.74) is 0.956. The summed E-state index contributed by atoms with van der Waals surface area (Å²) < 4.78 is 26.8. The summed E-state index contributed by atoms with van der Waals surface area (Å²) in [6.07, 6.45) is 0. The van der Waals surface area contributed by atoms with Crippen molar-refractivity contribution >= 4 is 39.0 Å². The Morgan fingerprint density at radius 1 is 1.23 bits per heavy atom. The third-order valence-electron chi connectivity index (χ3n) is 4.56. The normalized spacial score (nSPS) is 15.0. The summed E-state index contributed by atoms with van der Waals surface area (Å²) >= 11 is 1.60. The fourth-order valence-electron chi connectivity index (χ4n) is 3.05. The van der Waals surface area contributed by atoms with Crippen molar-refractivity contribution in [1.82, 2.24) is 19.8 Å². The van der Waals surface area contributed by atoms with Gasteiger partial charge in [0.25, 0.3) is 5.91 Å². The quantitative estimate of drug-likeness (QED) is 0.553. The number of H-pyrrole nitrogens is 1. The fourth-order valence-corrected chi connectivity index (χ4v) is 5.32. The molecule has 0 saturated carbocycles. The number of rotatable bonds is 5. The van der Waals surface area contributed by atoms with Crippen molar-refractivity contribution in [3.05, 3.63) is 52.9 Å². The lowest BCUT2D eigenvalue weighted by Gasteiger charge is -2.26. The Kier molecular flexibility index (Phi) is 5.41. The van der Waals surface area contributed by atoms with Crippen molar-refractivity contribution in [1.29, 1.82) is 0 Å². The van der Waals surface area contributed by atoms with Gasteiger partial charge >= 0.3 is 0 Å². The van der Waals surface area contributed by atoms with Gasteiger partial charge in [0.1, 0.15) is 0 Å². The Morgan fingerprint density at radius 2 is 2.07 bits per heavy atom. The van der Waals surface area contributed by atoms with Gasteiger partial charge in [0.15, 0.2) is 5.82 Å². The van der Waals surface area contributed by atoms with Crippen molar-refractivity contribution in [2.75, 3.05) is 25.0 Å². The molecule has 1 fully saturated rings. The van der Waals surface area contributed by atoms with E-state index in [2.05, 4.69) is 20.8 Å². The lowest BCUT2D eigenvalue weighted by Crippen LogP contribution is -2.49. The van der Waals surface area contributed by atoms with Crippen LogP contribution in [0.15, 0.2) is 47.4 Å². The van der Waals surface area contributed by atoms with Crippen LogP contribution in [0.1, 0.15) is 15.2 Å². The molecule has 1 aliphatic heterocycles. The summed E-state index contributed by atoms with van der Waals surface area (Å²) in [5.74, 6) is -0.500. The van der Waals surface area contributed by atoms with E-state index in [-0.39, 0.29) is 36.0 Å². The number of benzene rings is 1. The second-order valence-corrected chi connectivity index (χ2v) is 9.97. The number of aromatic nitrogens is 2. The number of sulfonamides is 1. The molecule has 3 heterocycles. The number of amides is 2. The average Bonchev–Trinajstić information content (AvgIpc) is 3.37. The first kappa shape index (κ1) is 20.3. The first-order valence-electron chi connectivity index (χ1n) is 9.13. The van der Waals surface area contributed by atoms with Crippen molar-refractivity contribution in [3.63, 3.8) is 0 Å². The largest absolute Gasteiger partial charge is 0.354 e. The van der Waals surface area contributed by atoms with E-state index in [1.165, 1.54) is 24.3 Å². The molecule has 3 aromatic rings. The van der Waals surface area contributed by atoms with Gasteiger partial charge in [0.2, 0.25) is 15.9 Å². The molecule has 0 unspecified atom stereocenters. The predicted octanol–water partition coefficient (Wildman–Crippen LogP) is 1.82.